The minimum absolute atomic E-state index is 0.150. The molecule has 1 amide bonds. The Morgan fingerprint density at radius 1 is 1.28 bits per heavy atom. The van der Waals surface area contributed by atoms with Crippen LogP contribution in [0.1, 0.15) is 28.8 Å². The third kappa shape index (κ3) is 4.55. The van der Waals surface area contributed by atoms with Crippen molar-refractivity contribution < 1.29 is 14.3 Å². The molecule has 18 heavy (non-hydrogen) atoms. The Kier molecular flexibility index (Phi) is 5.87. The van der Waals surface area contributed by atoms with Crippen LogP contribution in [0.4, 0.5) is 0 Å². The van der Waals surface area contributed by atoms with Gasteiger partial charge in [-0.15, -0.1) is 0 Å². The quantitative estimate of drug-likeness (QED) is 0.578. The maximum atomic E-state index is 11.7. The van der Waals surface area contributed by atoms with E-state index in [2.05, 4.69) is 10.1 Å². The standard InChI is InChI=1S/C13H18N2O3/c1-18-12(16)3-2-8-15-13(17)11-6-4-10(9-14)5-7-11/h4-7H,2-3,8-9,14H2,1H3,(H,15,17). The topological polar surface area (TPSA) is 81.4 Å². The van der Waals surface area contributed by atoms with Gasteiger partial charge in [-0.05, 0) is 24.1 Å². The number of carbonyl (C=O) groups excluding carboxylic acids is 2. The van der Waals surface area contributed by atoms with Gasteiger partial charge in [0, 0.05) is 25.1 Å². The summed E-state index contributed by atoms with van der Waals surface area (Å²) >= 11 is 0. The maximum Gasteiger partial charge on any atom is 0.305 e. The predicted molar refractivity (Wildman–Crippen MR) is 67.9 cm³/mol. The van der Waals surface area contributed by atoms with Crippen molar-refractivity contribution in [2.24, 2.45) is 5.73 Å². The first-order valence-electron chi connectivity index (χ1n) is 5.81. The normalized spacial score (nSPS) is 9.89. The van der Waals surface area contributed by atoms with Gasteiger partial charge in [-0.3, -0.25) is 9.59 Å². The zero-order chi connectivity index (χ0) is 13.4. The SMILES string of the molecule is COC(=O)CCCNC(=O)c1ccc(CN)cc1. The molecule has 0 aliphatic rings. The monoisotopic (exact) mass is 250 g/mol. The molecule has 0 heterocycles. The second-order valence-corrected chi connectivity index (χ2v) is 3.84. The van der Waals surface area contributed by atoms with E-state index in [0.717, 1.165) is 5.56 Å². The Labute approximate surface area is 106 Å². The Hall–Kier alpha value is -1.88. The second kappa shape index (κ2) is 7.45. The number of rotatable bonds is 6. The molecule has 0 saturated heterocycles. The van der Waals surface area contributed by atoms with Gasteiger partial charge in [-0.2, -0.15) is 0 Å². The lowest BCUT2D eigenvalue weighted by Crippen LogP contribution is -2.25. The van der Waals surface area contributed by atoms with Gasteiger partial charge in [-0.25, -0.2) is 0 Å². The molecule has 0 saturated carbocycles. The smallest absolute Gasteiger partial charge is 0.305 e. The predicted octanol–water partition coefficient (Wildman–Crippen LogP) is 0.828. The van der Waals surface area contributed by atoms with Crippen LogP contribution < -0.4 is 11.1 Å². The van der Waals surface area contributed by atoms with Gasteiger partial charge in [0.05, 0.1) is 7.11 Å². The molecule has 1 aromatic rings. The summed E-state index contributed by atoms with van der Waals surface area (Å²) in [6.07, 6.45) is 0.877. The van der Waals surface area contributed by atoms with E-state index >= 15 is 0 Å². The highest BCUT2D eigenvalue weighted by atomic mass is 16.5. The summed E-state index contributed by atoms with van der Waals surface area (Å²) < 4.78 is 4.50. The van der Waals surface area contributed by atoms with Crippen LogP contribution in [0.15, 0.2) is 24.3 Å². The van der Waals surface area contributed by atoms with Crippen LogP contribution in [-0.4, -0.2) is 25.5 Å². The number of amides is 1. The lowest BCUT2D eigenvalue weighted by Gasteiger charge is -2.05. The average molecular weight is 250 g/mol. The van der Waals surface area contributed by atoms with Crippen LogP contribution in [0.3, 0.4) is 0 Å². The fourth-order valence-electron chi connectivity index (χ4n) is 1.43. The number of ether oxygens (including phenoxy) is 1. The largest absolute Gasteiger partial charge is 0.469 e. The van der Waals surface area contributed by atoms with Crippen LogP contribution >= 0.6 is 0 Å². The summed E-state index contributed by atoms with van der Waals surface area (Å²) in [4.78, 5) is 22.6. The van der Waals surface area contributed by atoms with Gasteiger partial charge in [-0.1, -0.05) is 12.1 Å². The zero-order valence-corrected chi connectivity index (χ0v) is 10.4. The number of nitrogens with one attached hydrogen (secondary N) is 1. The zero-order valence-electron chi connectivity index (χ0n) is 10.4. The molecule has 0 aliphatic heterocycles. The molecule has 0 fully saturated rings. The third-order valence-corrected chi connectivity index (χ3v) is 2.52. The van der Waals surface area contributed by atoms with Crippen molar-refractivity contribution in [3.8, 4) is 0 Å². The van der Waals surface area contributed by atoms with Crippen LogP contribution in [-0.2, 0) is 16.1 Å². The maximum absolute atomic E-state index is 11.7. The minimum atomic E-state index is -0.267. The highest BCUT2D eigenvalue weighted by molar-refractivity contribution is 5.94. The van der Waals surface area contributed by atoms with Crippen molar-refractivity contribution in [3.63, 3.8) is 0 Å². The summed E-state index contributed by atoms with van der Waals surface area (Å²) in [6, 6.07) is 7.11. The van der Waals surface area contributed by atoms with Crippen molar-refractivity contribution >= 4 is 11.9 Å². The van der Waals surface area contributed by atoms with Crippen LogP contribution in [0.5, 0.6) is 0 Å². The summed E-state index contributed by atoms with van der Waals surface area (Å²) in [5, 5.41) is 2.74. The Morgan fingerprint density at radius 3 is 2.50 bits per heavy atom. The van der Waals surface area contributed by atoms with Crippen LogP contribution in [0.25, 0.3) is 0 Å². The lowest BCUT2D eigenvalue weighted by molar-refractivity contribution is -0.140. The first-order chi connectivity index (χ1) is 8.67. The van der Waals surface area contributed by atoms with E-state index in [9.17, 15) is 9.59 Å². The van der Waals surface area contributed by atoms with Gasteiger partial charge in [0.1, 0.15) is 0 Å². The number of hydrogen-bond acceptors (Lipinski definition) is 4. The molecule has 0 atom stereocenters. The number of benzene rings is 1. The van der Waals surface area contributed by atoms with Gasteiger partial charge < -0.3 is 15.8 Å². The number of hydrogen-bond donors (Lipinski definition) is 2. The molecular weight excluding hydrogens is 232 g/mol. The molecule has 5 nitrogen and oxygen atoms in total. The van der Waals surface area contributed by atoms with Crippen molar-refractivity contribution in [2.45, 2.75) is 19.4 Å². The van der Waals surface area contributed by atoms with Crippen molar-refractivity contribution in [1.29, 1.82) is 0 Å². The van der Waals surface area contributed by atoms with Gasteiger partial charge in [0.25, 0.3) is 5.91 Å². The molecule has 0 spiro atoms. The first kappa shape index (κ1) is 14.2. The molecule has 0 unspecified atom stereocenters. The summed E-state index contributed by atoms with van der Waals surface area (Å²) in [5.74, 6) is -0.417. The Bertz CT molecular complexity index is 401. The van der Waals surface area contributed by atoms with Crippen molar-refractivity contribution in [1.82, 2.24) is 5.32 Å². The molecule has 0 aromatic heterocycles. The summed E-state index contributed by atoms with van der Waals surface area (Å²) in [7, 11) is 1.35. The molecule has 0 aliphatic carbocycles. The van der Waals surface area contributed by atoms with E-state index in [1.807, 2.05) is 12.1 Å². The van der Waals surface area contributed by atoms with E-state index in [1.165, 1.54) is 7.11 Å². The Balaban J connectivity index is 2.33. The van der Waals surface area contributed by atoms with Gasteiger partial charge >= 0.3 is 5.97 Å². The van der Waals surface area contributed by atoms with E-state index < -0.39 is 0 Å². The molecular formula is C13H18N2O3. The fraction of sp³-hybridized carbons (Fsp3) is 0.385. The number of esters is 1. The second-order valence-electron chi connectivity index (χ2n) is 3.84. The molecule has 3 N–H and O–H groups in total. The molecule has 0 radical (unpaired) electrons. The lowest BCUT2D eigenvalue weighted by atomic mass is 10.1. The number of nitrogens with two attached hydrogens (primary N) is 1. The van der Waals surface area contributed by atoms with Crippen molar-refractivity contribution in [2.75, 3.05) is 13.7 Å². The molecule has 1 aromatic carbocycles. The highest BCUT2D eigenvalue weighted by Crippen LogP contribution is 2.03. The minimum Gasteiger partial charge on any atom is -0.469 e. The fourth-order valence-corrected chi connectivity index (χ4v) is 1.43. The third-order valence-electron chi connectivity index (χ3n) is 2.52. The first-order valence-corrected chi connectivity index (χ1v) is 5.81. The van der Waals surface area contributed by atoms with Crippen molar-refractivity contribution in [3.05, 3.63) is 35.4 Å². The number of carbonyl (C=O) groups is 2. The van der Waals surface area contributed by atoms with E-state index in [1.54, 1.807) is 12.1 Å². The molecule has 1 rings (SSSR count). The summed E-state index contributed by atoms with van der Waals surface area (Å²) in [5.41, 5.74) is 7.04. The summed E-state index contributed by atoms with van der Waals surface area (Å²) in [6.45, 7) is 0.910. The number of methoxy groups -OCH3 is 1. The van der Waals surface area contributed by atoms with Crippen LogP contribution in [0, 0.1) is 0 Å². The molecule has 98 valence electrons. The van der Waals surface area contributed by atoms with Gasteiger partial charge in [0.2, 0.25) is 0 Å². The van der Waals surface area contributed by atoms with Gasteiger partial charge in [0.15, 0.2) is 0 Å². The molecule has 0 bridgehead atoms. The molecule has 5 heteroatoms. The Morgan fingerprint density at radius 2 is 1.94 bits per heavy atom. The van der Waals surface area contributed by atoms with Crippen LogP contribution in [0.2, 0.25) is 0 Å². The average Bonchev–Trinajstić information content (AvgIpc) is 2.43. The van der Waals surface area contributed by atoms with E-state index in [0.29, 0.717) is 31.5 Å². The van der Waals surface area contributed by atoms with E-state index in [-0.39, 0.29) is 11.9 Å². The highest BCUT2D eigenvalue weighted by Gasteiger charge is 2.05. The van der Waals surface area contributed by atoms with E-state index in [4.69, 9.17) is 5.73 Å².